The van der Waals surface area contributed by atoms with E-state index in [1.807, 2.05) is 0 Å². The van der Waals surface area contributed by atoms with Gasteiger partial charge in [-0.15, -0.1) is 0 Å². The topological polar surface area (TPSA) is 51.0 Å². The molecule has 4 nitrogen and oxygen atoms in total. The number of nitrogens with one attached hydrogen (secondary N) is 1. The van der Waals surface area contributed by atoms with Crippen molar-refractivity contribution in [1.82, 2.24) is 15.5 Å². The molecule has 4 heteroatoms. The third-order valence-electron chi connectivity index (χ3n) is 6.87. The molecule has 0 unspecified atom stereocenters. The Labute approximate surface area is 222 Å². The summed E-state index contributed by atoms with van der Waals surface area (Å²) in [6.45, 7) is 3.91. The van der Waals surface area contributed by atoms with E-state index < -0.39 is 0 Å². The van der Waals surface area contributed by atoms with Crippen LogP contribution in [0.3, 0.4) is 0 Å². The lowest BCUT2D eigenvalue weighted by Crippen LogP contribution is -2.12. The first-order chi connectivity index (χ1) is 18.3. The molecule has 0 amide bonds. The fourth-order valence-corrected chi connectivity index (χ4v) is 4.67. The first-order valence-corrected chi connectivity index (χ1v) is 14.1. The summed E-state index contributed by atoms with van der Waals surface area (Å²) >= 11 is 0. The van der Waals surface area contributed by atoms with Gasteiger partial charge in [-0.1, -0.05) is 124 Å². The van der Waals surface area contributed by atoms with Crippen LogP contribution in [0.15, 0.2) is 83.4 Å². The first-order valence-electron chi connectivity index (χ1n) is 14.1. The van der Waals surface area contributed by atoms with Gasteiger partial charge in [0.2, 0.25) is 0 Å². The molecule has 1 heterocycles. The largest absolute Gasteiger partial charge is 0.334 e. The number of hydrogen-bond acceptors (Lipinski definition) is 4. The maximum absolute atomic E-state index is 5.53. The molecule has 37 heavy (non-hydrogen) atoms. The predicted molar refractivity (Wildman–Crippen MR) is 153 cm³/mol. The van der Waals surface area contributed by atoms with Crippen molar-refractivity contribution >= 4 is 0 Å². The SMILES string of the molecule is CCCCCCCCCCCc1noc(-c2ccc(CNCc3cccc(-c4ccccc4)c3)cc2)n1. The van der Waals surface area contributed by atoms with Crippen LogP contribution in [0.5, 0.6) is 0 Å². The minimum atomic E-state index is 0.614. The highest BCUT2D eigenvalue weighted by Gasteiger charge is 2.09. The van der Waals surface area contributed by atoms with E-state index in [0.29, 0.717) is 5.89 Å². The monoisotopic (exact) mass is 495 g/mol. The van der Waals surface area contributed by atoms with Crippen LogP contribution in [0, 0.1) is 0 Å². The summed E-state index contributed by atoms with van der Waals surface area (Å²) in [6, 6.07) is 27.6. The van der Waals surface area contributed by atoms with Crippen LogP contribution in [0.4, 0.5) is 0 Å². The maximum atomic E-state index is 5.53. The summed E-state index contributed by atoms with van der Waals surface area (Å²) in [5, 5.41) is 7.76. The van der Waals surface area contributed by atoms with Crippen molar-refractivity contribution in [1.29, 1.82) is 0 Å². The van der Waals surface area contributed by atoms with Crippen LogP contribution >= 0.6 is 0 Å². The van der Waals surface area contributed by atoms with Crippen molar-refractivity contribution in [3.05, 3.63) is 95.8 Å². The Morgan fingerprint density at radius 2 is 1.30 bits per heavy atom. The average Bonchev–Trinajstić information content (AvgIpc) is 3.42. The summed E-state index contributed by atoms with van der Waals surface area (Å²) in [4.78, 5) is 4.62. The van der Waals surface area contributed by atoms with Gasteiger partial charge in [-0.25, -0.2) is 0 Å². The van der Waals surface area contributed by atoms with Crippen LogP contribution in [0.25, 0.3) is 22.6 Å². The number of nitrogens with zero attached hydrogens (tertiary/aromatic N) is 2. The van der Waals surface area contributed by atoms with E-state index in [9.17, 15) is 0 Å². The van der Waals surface area contributed by atoms with E-state index in [1.54, 1.807) is 0 Å². The summed E-state index contributed by atoms with van der Waals surface area (Å²) in [5.74, 6) is 1.43. The van der Waals surface area contributed by atoms with Gasteiger partial charge in [0.15, 0.2) is 5.82 Å². The fourth-order valence-electron chi connectivity index (χ4n) is 4.67. The molecular weight excluding hydrogens is 454 g/mol. The standard InChI is InChI=1S/C33H41N3O/c1-2-3-4-5-6-7-8-9-13-19-32-35-33(37-36-32)30-22-20-27(21-23-30)25-34-26-28-15-14-18-31(24-28)29-16-11-10-12-17-29/h10-12,14-18,20-24,34H,2-9,13,19,25-26H2,1H3. The summed E-state index contributed by atoms with van der Waals surface area (Å²) in [7, 11) is 0. The summed E-state index contributed by atoms with van der Waals surface area (Å²) in [5.41, 5.74) is 5.99. The molecule has 0 saturated carbocycles. The summed E-state index contributed by atoms with van der Waals surface area (Å²) in [6.07, 6.45) is 12.8. The Kier molecular flexibility index (Phi) is 11.0. The number of aryl methyl sites for hydroxylation is 1. The molecule has 3 aromatic carbocycles. The third kappa shape index (κ3) is 8.98. The molecule has 0 saturated heterocycles. The highest BCUT2D eigenvalue weighted by molar-refractivity contribution is 5.63. The van der Waals surface area contributed by atoms with Gasteiger partial charge in [-0.2, -0.15) is 4.98 Å². The van der Waals surface area contributed by atoms with Crippen molar-refractivity contribution in [2.75, 3.05) is 0 Å². The Bertz CT molecular complexity index is 1170. The Morgan fingerprint density at radius 3 is 2.05 bits per heavy atom. The van der Waals surface area contributed by atoms with E-state index in [4.69, 9.17) is 4.52 Å². The zero-order chi connectivity index (χ0) is 25.5. The highest BCUT2D eigenvalue weighted by Crippen LogP contribution is 2.21. The number of benzene rings is 3. The van der Waals surface area contributed by atoms with Gasteiger partial charge in [0.25, 0.3) is 5.89 Å². The molecule has 4 rings (SSSR count). The zero-order valence-corrected chi connectivity index (χ0v) is 22.3. The molecule has 0 atom stereocenters. The van der Waals surface area contributed by atoms with Gasteiger partial charge in [0.1, 0.15) is 0 Å². The minimum Gasteiger partial charge on any atom is -0.334 e. The lowest BCUT2D eigenvalue weighted by Gasteiger charge is -2.08. The van der Waals surface area contributed by atoms with E-state index in [2.05, 4.69) is 101 Å². The van der Waals surface area contributed by atoms with Crippen LogP contribution in [0.2, 0.25) is 0 Å². The molecular formula is C33H41N3O. The second kappa shape index (κ2) is 15.1. The van der Waals surface area contributed by atoms with Gasteiger partial charge in [-0.3, -0.25) is 0 Å². The molecule has 0 aliphatic carbocycles. The lowest BCUT2D eigenvalue weighted by molar-refractivity contribution is 0.421. The van der Waals surface area contributed by atoms with Crippen LogP contribution in [-0.4, -0.2) is 10.1 Å². The minimum absolute atomic E-state index is 0.614. The molecule has 0 bridgehead atoms. The Balaban J connectivity index is 1.17. The van der Waals surface area contributed by atoms with Gasteiger partial charge >= 0.3 is 0 Å². The van der Waals surface area contributed by atoms with Crippen LogP contribution in [-0.2, 0) is 19.5 Å². The predicted octanol–water partition coefficient (Wildman–Crippen LogP) is 8.77. The van der Waals surface area contributed by atoms with Crippen molar-refractivity contribution in [3.8, 4) is 22.6 Å². The fraction of sp³-hybridized carbons (Fsp3) is 0.394. The van der Waals surface area contributed by atoms with Gasteiger partial charge < -0.3 is 9.84 Å². The van der Waals surface area contributed by atoms with Crippen molar-refractivity contribution < 1.29 is 4.52 Å². The van der Waals surface area contributed by atoms with Gasteiger partial charge in [-0.05, 0) is 46.9 Å². The second-order valence-corrected chi connectivity index (χ2v) is 9.96. The van der Waals surface area contributed by atoms with Crippen LogP contribution in [0.1, 0.15) is 81.7 Å². The Hall–Kier alpha value is -3.24. The van der Waals surface area contributed by atoms with Crippen molar-refractivity contribution in [2.45, 2.75) is 84.2 Å². The number of rotatable bonds is 16. The van der Waals surface area contributed by atoms with E-state index >= 15 is 0 Å². The molecule has 1 N–H and O–H groups in total. The average molecular weight is 496 g/mol. The number of aromatic nitrogens is 2. The van der Waals surface area contributed by atoms with Crippen molar-refractivity contribution in [3.63, 3.8) is 0 Å². The number of unbranched alkanes of at least 4 members (excludes halogenated alkanes) is 8. The van der Waals surface area contributed by atoms with E-state index in [-0.39, 0.29) is 0 Å². The second-order valence-electron chi connectivity index (χ2n) is 9.96. The third-order valence-corrected chi connectivity index (χ3v) is 6.87. The summed E-state index contributed by atoms with van der Waals surface area (Å²) < 4.78 is 5.53. The maximum Gasteiger partial charge on any atom is 0.257 e. The molecule has 4 aromatic rings. The molecule has 0 fully saturated rings. The van der Waals surface area contributed by atoms with Crippen molar-refractivity contribution in [2.24, 2.45) is 0 Å². The van der Waals surface area contributed by atoms with Gasteiger partial charge in [0, 0.05) is 25.1 Å². The first kappa shape index (κ1) is 26.8. The molecule has 0 radical (unpaired) electrons. The Morgan fingerprint density at radius 1 is 0.622 bits per heavy atom. The van der Waals surface area contributed by atoms with E-state index in [0.717, 1.165) is 37.3 Å². The zero-order valence-electron chi connectivity index (χ0n) is 22.3. The van der Waals surface area contributed by atoms with Crippen LogP contribution < -0.4 is 5.32 Å². The lowest BCUT2D eigenvalue weighted by atomic mass is 10.0. The van der Waals surface area contributed by atoms with E-state index in [1.165, 1.54) is 73.6 Å². The molecule has 0 aliphatic heterocycles. The highest BCUT2D eigenvalue weighted by atomic mass is 16.5. The molecule has 1 aromatic heterocycles. The number of hydrogen-bond donors (Lipinski definition) is 1. The smallest absolute Gasteiger partial charge is 0.257 e. The van der Waals surface area contributed by atoms with Gasteiger partial charge in [0.05, 0.1) is 0 Å². The molecule has 194 valence electrons. The molecule has 0 aliphatic rings. The molecule has 0 spiro atoms. The quantitative estimate of drug-likeness (QED) is 0.158. The normalized spacial score (nSPS) is 11.2.